The molecule has 0 saturated carbocycles. The summed E-state index contributed by atoms with van der Waals surface area (Å²) in [4.78, 5) is 10.5. The van der Waals surface area contributed by atoms with Crippen LogP contribution < -0.4 is 52.4 Å². The largest absolute Gasteiger partial charge is 0.311 e. The highest BCUT2D eigenvalue weighted by atomic mass is 15.2. The molecule has 0 atom stereocenters. The van der Waals surface area contributed by atoms with Crippen molar-refractivity contribution in [2.24, 2.45) is 0 Å². The molecule has 4 heterocycles. The van der Waals surface area contributed by atoms with Crippen molar-refractivity contribution in [3.8, 4) is 89.0 Å². The minimum atomic E-state index is -0.807. The van der Waals surface area contributed by atoms with Crippen LogP contribution in [0.5, 0.6) is 0 Å². The van der Waals surface area contributed by atoms with Gasteiger partial charge in [-0.15, -0.1) is 0 Å². The summed E-state index contributed by atoms with van der Waals surface area (Å²) in [6.07, 6.45) is 0. The Morgan fingerprint density at radius 3 is 0.789 bits per heavy atom. The zero-order valence-electron chi connectivity index (χ0n) is 69.7. The molecule has 580 valence electrons. The van der Waals surface area contributed by atoms with Gasteiger partial charge in [0.15, 0.2) is 0 Å². The van der Waals surface area contributed by atoms with Crippen LogP contribution in [0.4, 0.5) is 68.2 Å². The molecular formula is C117H86B2N4. The van der Waals surface area contributed by atoms with E-state index in [4.69, 9.17) is 0 Å². The Balaban J connectivity index is 0.778. The maximum atomic E-state index is 2.68. The van der Waals surface area contributed by atoms with Crippen LogP contribution in [0.25, 0.3) is 89.0 Å². The first-order valence-electron chi connectivity index (χ1n) is 43.4. The molecule has 0 unspecified atom stereocenters. The molecule has 1 spiro atoms. The molecule has 0 N–H and O–H groups in total. The van der Waals surface area contributed by atoms with Crippen LogP contribution in [-0.2, 0) is 16.2 Å². The summed E-state index contributed by atoms with van der Waals surface area (Å²) in [7, 11) is 0. The van der Waals surface area contributed by atoms with Crippen molar-refractivity contribution in [1.82, 2.24) is 0 Å². The van der Waals surface area contributed by atoms with Gasteiger partial charge in [0.1, 0.15) is 0 Å². The first kappa shape index (κ1) is 72.3. The van der Waals surface area contributed by atoms with Gasteiger partial charge in [-0.1, -0.05) is 357 Å². The Morgan fingerprint density at radius 2 is 0.447 bits per heavy atom. The first-order chi connectivity index (χ1) is 60.3. The van der Waals surface area contributed by atoms with E-state index in [0.29, 0.717) is 0 Å². The standard InChI is InChI=1S/C117H86B2N4/c1-115(2,3)87-55-45-81(46-56-87)85-67-109-113-111(69-85)122(89-37-21-11-22-38-89)107-73-99-95(71-103(107)118(113)101-65-83(77-33-17-9-18-34-77)53-63-105(101)120(109)91-59-49-79(50-60-91)75-29-13-7-14-30-75)93-41-25-27-43-97(93)117(99)98-44-28-26-42-94(98)96-72-104-108(74-100(96)117)123(90-39-23-12-24-40-90)112-70-86(82-47-57-88(58-48-82)116(4,5)6)68-110-114(112)119(104)102-66-84(78-35-19-10-20-36-78)54-64-106(102)121(110)92-61-51-80(52-62-92)76-31-15-8-16-32-76/h7-74H,1-6H3. The second kappa shape index (κ2) is 27.7. The van der Waals surface area contributed by atoms with Gasteiger partial charge in [-0.25, -0.2) is 0 Å². The number of para-hydroxylation sites is 2. The summed E-state index contributed by atoms with van der Waals surface area (Å²) >= 11 is 0. The molecule has 4 nitrogen and oxygen atoms in total. The molecular weight excluding hydrogens is 1480 g/mol. The minimum absolute atomic E-state index is 0.0286. The highest BCUT2D eigenvalue weighted by molar-refractivity contribution is 7.01. The predicted molar refractivity (Wildman–Crippen MR) is 521 cm³/mol. The molecule has 0 amide bonds. The molecule has 0 saturated heterocycles. The van der Waals surface area contributed by atoms with E-state index in [-0.39, 0.29) is 24.3 Å². The molecule has 2 aliphatic carbocycles. The lowest BCUT2D eigenvalue weighted by Crippen LogP contribution is -2.61. The average molecular weight is 1570 g/mol. The Morgan fingerprint density at radius 1 is 0.187 bits per heavy atom. The number of fused-ring (bicyclic) bond motifs is 18. The third-order valence-corrected chi connectivity index (χ3v) is 27.3. The zero-order valence-corrected chi connectivity index (χ0v) is 69.7. The van der Waals surface area contributed by atoms with E-state index < -0.39 is 5.41 Å². The summed E-state index contributed by atoms with van der Waals surface area (Å²) in [5.74, 6) is 0. The van der Waals surface area contributed by atoms with Crippen LogP contribution in [0.3, 0.4) is 0 Å². The quantitative estimate of drug-likeness (QED) is 0.127. The van der Waals surface area contributed by atoms with Gasteiger partial charge in [0.25, 0.3) is 13.4 Å². The van der Waals surface area contributed by atoms with E-state index in [2.05, 4.69) is 474 Å². The van der Waals surface area contributed by atoms with Crippen LogP contribution in [0.2, 0.25) is 0 Å². The van der Waals surface area contributed by atoms with Gasteiger partial charge in [-0.3, -0.25) is 0 Å². The average Bonchev–Trinajstić information content (AvgIpc) is 1.50. The van der Waals surface area contributed by atoms with Gasteiger partial charge >= 0.3 is 0 Å². The van der Waals surface area contributed by atoms with E-state index in [9.17, 15) is 0 Å². The Kier molecular flexibility index (Phi) is 16.3. The summed E-state index contributed by atoms with van der Waals surface area (Å²) in [6.45, 7) is 13.4. The Bertz CT molecular complexity index is 6850. The number of benzene rings is 18. The van der Waals surface area contributed by atoms with Gasteiger partial charge in [-0.2, -0.15) is 0 Å². The molecule has 0 bridgehead atoms. The third-order valence-electron chi connectivity index (χ3n) is 27.3. The smallest absolute Gasteiger partial charge is 0.252 e. The number of anilines is 12. The normalized spacial score (nSPS) is 13.7. The van der Waals surface area contributed by atoms with E-state index in [1.54, 1.807) is 0 Å². The highest BCUT2D eigenvalue weighted by Crippen LogP contribution is 2.65. The lowest BCUT2D eigenvalue weighted by atomic mass is 9.33. The minimum Gasteiger partial charge on any atom is -0.311 e. The molecule has 123 heavy (non-hydrogen) atoms. The van der Waals surface area contributed by atoms with E-state index in [0.717, 1.165) is 68.0 Å². The molecule has 24 rings (SSSR count). The predicted octanol–water partition coefficient (Wildman–Crippen LogP) is 26.8. The number of hydrogen-bond acceptors (Lipinski definition) is 4. The van der Waals surface area contributed by atoms with Crippen molar-refractivity contribution in [2.75, 3.05) is 19.6 Å². The fourth-order valence-corrected chi connectivity index (χ4v) is 21.5. The molecule has 4 aliphatic heterocycles. The molecule has 18 aromatic carbocycles. The monoisotopic (exact) mass is 1570 g/mol. The Labute approximate surface area is 721 Å². The summed E-state index contributed by atoms with van der Waals surface area (Å²) in [5, 5.41) is 0. The van der Waals surface area contributed by atoms with Crippen LogP contribution in [0, 0.1) is 0 Å². The van der Waals surface area contributed by atoms with Crippen molar-refractivity contribution in [2.45, 2.75) is 57.8 Å². The van der Waals surface area contributed by atoms with Crippen molar-refractivity contribution >= 4 is 114 Å². The van der Waals surface area contributed by atoms with Gasteiger partial charge < -0.3 is 19.6 Å². The topological polar surface area (TPSA) is 13.0 Å². The number of rotatable bonds is 10. The van der Waals surface area contributed by atoms with Crippen LogP contribution in [-0.4, -0.2) is 13.4 Å². The Hall–Kier alpha value is -14.7. The van der Waals surface area contributed by atoms with E-state index in [1.165, 1.54) is 155 Å². The maximum absolute atomic E-state index is 2.68. The van der Waals surface area contributed by atoms with Crippen LogP contribution in [0.15, 0.2) is 413 Å². The highest BCUT2D eigenvalue weighted by Gasteiger charge is 2.56. The summed E-state index contributed by atoms with van der Waals surface area (Å²) < 4.78 is 0. The second-order valence-electron chi connectivity index (χ2n) is 36.2. The number of nitrogens with zero attached hydrogens (tertiary/aromatic N) is 4. The maximum Gasteiger partial charge on any atom is 0.252 e. The van der Waals surface area contributed by atoms with Gasteiger partial charge in [0, 0.05) is 68.2 Å². The molecule has 0 aromatic heterocycles. The summed E-state index contributed by atoms with van der Waals surface area (Å²) in [6, 6.07) is 158. The van der Waals surface area contributed by atoms with E-state index in [1.807, 2.05) is 0 Å². The third kappa shape index (κ3) is 11.2. The molecule has 0 fully saturated rings. The molecule has 6 aliphatic rings. The van der Waals surface area contributed by atoms with Gasteiger partial charge in [0.2, 0.25) is 0 Å². The fourth-order valence-electron chi connectivity index (χ4n) is 21.5. The summed E-state index contributed by atoms with van der Waals surface area (Å²) in [5.41, 5.74) is 47.3. The van der Waals surface area contributed by atoms with Crippen molar-refractivity contribution < 1.29 is 0 Å². The number of hydrogen-bond donors (Lipinski definition) is 0. The zero-order chi connectivity index (χ0) is 82.1. The van der Waals surface area contributed by atoms with Gasteiger partial charge in [0.05, 0.1) is 5.41 Å². The molecule has 0 radical (unpaired) electrons. The molecule has 18 aromatic rings. The van der Waals surface area contributed by atoms with Crippen LogP contribution in [0.1, 0.15) is 74.9 Å². The lowest BCUT2D eigenvalue weighted by Gasteiger charge is -2.45. The fraction of sp³-hybridized carbons (Fsp3) is 0.0769. The lowest BCUT2D eigenvalue weighted by molar-refractivity contribution is 0.590. The van der Waals surface area contributed by atoms with Crippen molar-refractivity contribution in [3.05, 3.63) is 446 Å². The second-order valence-corrected chi connectivity index (χ2v) is 36.2. The van der Waals surface area contributed by atoms with Crippen molar-refractivity contribution in [3.63, 3.8) is 0 Å². The van der Waals surface area contributed by atoms with E-state index >= 15 is 0 Å². The SMILES string of the molecule is CC(C)(C)c1ccc(-c2cc3c4c(c2)N(c2ccccc2)c2cc5c(cc2B4c2cc(-c4ccccc4)ccc2N3c2ccc(-c3ccccc3)cc2)-c2ccccc2C52c3ccccc3-c3cc4c(cc32)N(c2ccccc2)c2cc(-c3ccc(C(C)(C)C)cc3)cc3c2B4c2cc(-c4ccccc4)ccc2N3c2ccc(-c3ccccc3)cc2)cc1. The molecule has 6 heteroatoms. The van der Waals surface area contributed by atoms with Crippen LogP contribution >= 0.6 is 0 Å². The van der Waals surface area contributed by atoms with Gasteiger partial charge in [-0.05, 0) is 263 Å². The first-order valence-corrected chi connectivity index (χ1v) is 43.4. The van der Waals surface area contributed by atoms with Crippen molar-refractivity contribution in [1.29, 1.82) is 0 Å².